The lowest BCUT2D eigenvalue weighted by Gasteiger charge is -2.52. The molecular formula is C22H25F2N3O5. The number of amides is 2. The van der Waals surface area contributed by atoms with E-state index in [1.807, 2.05) is 6.92 Å². The number of rotatable bonds is 5. The summed E-state index contributed by atoms with van der Waals surface area (Å²) in [6, 6.07) is 1.74. The van der Waals surface area contributed by atoms with Crippen molar-refractivity contribution in [2.75, 3.05) is 32.8 Å². The van der Waals surface area contributed by atoms with Crippen LogP contribution in [0, 0.1) is 17.6 Å². The van der Waals surface area contributed by atoms with Gasteiger partial charge in [0.2, 0.25) is 23.4 Å². The van der Waals surface area contributed by atoms with Crippen molar-refractivity contribution in [1.29, 1.82) is 0 Å². The van der Waals surface area contributed by atoms with Crippen LogP contribution in [0.4, 0.5) is 8.78 Å². The molecule has 172 valence electrons. The number of hydrogen-bond donors (Lipinski definition) is 1. The van der Waals surface area contributed by atoms with Crippen LogP contribution in [0.25, 0.3) is 0 Å². The number of carbonyl (C=O) groups is 4. The number of piperidine rings is 1. The molecule has 1 aromatic rings. The molecule has 3 aliphatic rings. The monoisotopic (exact) mass is 449 g/mol. The second-order valence-corrected chi connectivity index (χ2v) is 8.58. The van der Waals surface area contributed by atoms with Gasteiger partial charge in [0.15, 0.2) is 6.04 Å². The van der Waals surface area contributed by atoms with Gasteiger partial charge in [-0.15, -0.1) is 0 Å². The number of Topliss-reactive ketones (excluding diaryl/α,β-unsaturated/α-hetero) is 2. The zero-order valence-electron chi connectivity index (χ0n) is 17.7. The van der Waals surface area contributed by atoms with Crippen LogP contribution in [0.2, 0.25) is 0 Å². The molecule has 0 aliphatic carbocycles. The van der Waals surface area contributed by atoms with Crippen molar-refractivity contribution in [2.45, 2.75) is 37.9 Å². The number of benzene rings is 1. The van der Waals surface area contributed by atoms with Crippen LogP contribution < -0.4 is 5.32 Å². The number of hydrogen-bond acceptors (Lipinski definition) is 6. The summed E-state index contributed by atoms with van der Waals surface area (Å²) in [5.41, 5.74) is -0.527. The number of piperazine rings is 1. The molecule has 3 saturated heterocycles. The van der Waals surface area contributed by atoms with E-state index in [2.05, 4.69) is 5.32 Å². The number of ketones is 2. The highest BCUT2D eigenvalue weighted by atomic mass is 19.1. The number of nitrogens with one attached hydrogen (secondary N) is 1. The van der Waals surface area contributed by atoms with Gasteiger partial charge in [-0.2, -0.15) is 0 Å². The number of fused-ring (bicyclic) bond motifs is 1. The summed E-state index contributed by atoms with van der Waals surface area (Å²) < 4.78 is 32.5. The summed E-state index contributed by atoms with van der Waals surface area (Å²) in [6.07, 6.45) is 1.32. The summed E-state index contributed by atoms with van der Waals surface area (Å²) in [5, 5.41) is 2.46. The molecule has 1 spiro atoms. The standard InChI is InChI=1S/C22H25F2N3O5/c1-2-6-27-21(31)17-19(29)18(28)15(10-26(17)11-22(27)5-7-32-12-22)20(30)25-9-13-3-4-14(23)8-16(13)24/h3-4,8,15,17H,2,5-7,9-12H2,1H3,(H,25,30). The van der Waals surface area contributed by atoms with Gasteiger partial charge < -0.3 is 15.0 Å². The Kier molecular flexibility index (Phi) is 6.09. The van der Waals surface area contributed by atoms with Crippen molar-refractivity contribution in [3.05, 3.63) is 35.4 Å². The molecular weight excluding hydrogens is 424 g/mol. The molecule has 0 radical (unpaired) electrons. The van der Waals surface area contributed by atoms with E-state index in [0.29, 0.717) is 45.2 Å². The number of carbonyl (C=O) groups excluding carboxylic acids is 4. The van der Waals surface area contributed by atoms with Crippen molar-refractivity contribution in [3.8, 4) is 0 Å². The third-order valence-corrected chi connectivity index (χ3v) is 6.47. The van der Waals surface area contributed by atoms with Gasteiger partial charge >= 0.3 is 0 Å². The van der Waals surface area contributed by atoms with E-state index in [1.165, 1.54) is 6.07 Å². The molecule has 3 aliphatic heterocycles. The smallest absolute Gasteiger partial charge is 0.248 e. The van der Waals surface area contributed by atoms with E-state index in [9.17, 15) is 28.0 Å². The largest absolute Gasteiger partial charge is 0.379 e. The van der Waals surface area contributed by atoms with E-state index in [0.717, 1.165) is 6.07 Å². The summed E-state index contributed by atoms with van der Waals surface area (Å²) in [4.78, 5) is 54.8. The third kappa shape index (κ3) is 3.81. The Hall–Kier alpha value is -2.72. The van der Waals surface area contributed by atoms with Gasteiger partial charge in [-0.05, 0) is 18.9 Å². The predicted molar refractivity (Wildman–Crippen MR) is 107 cm³/mol. The van der Waals surface area contributed by atoms with Gasteiger partial charge in [-0.1, -0.05) is 13.0 Å². The topological polar surface area (TPSA) is 96.0 Å². The normalized spacial score (nSPS) is 28.3. The van der Waals surface area contributed by atoms with Crippen LogP contribution in [0.3, 0.4) is 0 Å². The van der Waals surface area contributed by atoms with Crippen LogP contribution in [0.15, 0.2) is 18.2 Å². The number of halogens is 2. The molecule has 2 amide bonds. The minimum atomic E-state index is -1.30. The summed E-state index contributed by atoms with van der Waals surface area (Å²) in [6.45, 7) is 3.21. The van der Waals surface area contributed by atoms with Crippen molar-refractivity contribution >= 4 is 23.4 Å². The van der Waals surface area contributed by atoms with Crippen LogP contribution in [-0.4, -0.2) is 77.6 Å². The second-order valence-electron chi connectivity index (χ2n) is 8.58. The second kappa shape index (κ2) is 8.67. The van der Waals surface area contributed by atoms with Crippen molar-refractivity contribution in [3.63, 3.8) is 0 Å². The fourth-order valence-electron chi connectivity index (χ4n) is 4.84. The molecule has 0 aromatic heterocycles. The molecule has 0 saturated carbocycles. The molecule has 3 unspecified atom stereocenters. The maximum atomic E-state index is 13.8. The van der Waals surface area contributed by atoms with E-state index >= 15 is 0 Å². The van der Waals surface area contributed by atoms with Crippen molar-refractivity contribution in [2.24, 2.45) is 5.92 Å². The Morgan fingerprint density at radius 1 is 1.25 bits per heavy atom. The highest BCUT2D eigenvalue weighted by molar-refractivity contribution is 6.47. The van der Waals surface area contributed by atoms with E-state index < -0.39 is 52.5 Å². The zero-order chi connectivity index (χ0) is 23.0. The first-order valence-electron chi connectivity index (χ1n) is 10.7. The minimum Gasteiger partial charge on any atom is -0.379 e. The fraction of sp³-hybridized carbons (Fsp3) is 0.545. The molecule has 3 atom stereocenters. The SMILES string of the molecule is CCCN1C(=O)C2C(=O)C(=O)C(C(=O)NCc3ccc(F)cc3F)CN2CC12CCOC2. The molecule has 0 bridgehead atoms. The lowest BCUT2D eigenvalue weighted by molar-refractivity contribution is -0.168. The van der Waals surface area contributed by atoms with Gasteiger partial charge in [0, 0.05) is 44.4 Å². The fourth-order valence-corrected chi connectivity index (χ4v) is 4.84. The third-order valence-electron chi connectivity index (χ3n) is 6.47. The summed E-state index contributed by atoms with van der Waals surface area (Å²) in [7, 11) is 0. The quantitative estimate of drug-likeness (QED) is 0.518. The van der Waals surface area contributed by atoms with E-state index in [4.69, 9.17) is 4.74 Å². The predicted octanol–water partition coefficient (Wildman–Crippen LogP) is 0.431. The molecule has 4 rings (SSSR count). The maximum absolute atomic E-state index is 13.8. The Morgan fingerprint density at radius 2 is 2.03 bits per heavy atom. The maximum Gasteiger partial charge on any atom is 0.248 e. The van der Waals surface area contributed by atoms with Crippen molar-refractivity contribution < 1.29 is 32.7 Å². The average Bonchev–Trinajstić information content (AvgIpc) is 3.21. The van der Waals surface area contributed by atoms with Crippen LogP contribution >= 0.6 is 0 Å². The van der Waals surface area contributed by atoms with Gasteiger partial charge in [0.1, 0.15) is 17.6 Å². The molecule has 1 N–H and O–H groups in total. The molecule has 32 heavy (non-hydrogen) atoms. The lowest BCUT2D eigenvalue weighted by atomic mass is 9.82. The molecule has 1 aromatic carbocycles. The zero-order valence-corrected chi connectivity index (χ0v) is 17.7. The molecule has 10 heteroatoms. The number of ether oxygens (including phenoxy) is 1. The van der Waals surface area contributed by atoms with Gasteiger partial charge in [0.05, 0.1) is 12.1 Å². The Bertz CT molecular complexity index is 963. The first kappa shape index (κ1) is 22.5. The lowest BCUT2D eigenvalue weighted by Crippen LogP contribution is -2.74. The summed E-state index contributed by atoms with van der Waals surface area (Å²) >= 11 is 0. The first-order chi connectivity index (χ1) is 15.3. The van der Waals surface area contributed by atoms with Gasteiger partial charge in [0.25, 0.3) is 0 Å². The van der Waals surface area contributed by atoms with Crippen LogP contribution in [-0.2, 0) is 30.5 Å². The van der Waals surface area contributed by atoms with E-state index in [1.54, 1.807) is 9.80 Å². The van der Waals surface area contributed by atoms with Gasteiger partial charge in [-0.3, -0.25) is 24.1 Å². The molecule has 3 fully saturated rings. The highest BCUT2D eigenvalue weighted by Gasteiger charge is 2.58. The average molecular weight is 449 g/mol. The van der Waals surface area contributed by atoms with Crippen LogP contribution in [0.5, 0.6) is 0 Å². The summed E-state index contributed by atoms with van der Waals surface area (Å²) in [5.74, 6) is -5.84. The highest BCUT2D eigenvalue weighted by Crippen LogP contribution is 2.35. The van der Waals surface area contributed by atoms with Crippen LogP contribution in [0.1, 0.15) is 25.3 Å². The van der Waals surface area contributed by atoms with Crippen molar-refractivity contribution in [1.82, 2.24) is 15.1 Å². The molecule has 8 nitrogen and oxygen atoms in total. The first-order valence-corrected chi connectivity index (χ1v) is 10.7. The molecule has 3 heterocycles. The van der Waals surface area contributed by atoms with Gasteiger partial charge in [-0.25, -0.2) is 8.78 Å². The Labute approximate surface area is 183 Å². The Balaban J connectivity index is 1.51. The Morgan fingerprint density at radius 3 is 2.69 bits per heavy atom. The number of nitrogens with zero attached hydrogens (tertiary/aromatic N) is 2. The van der Waals surface area contributed by atoms with E-state index in [-0.39, 0.29) is 18.7 Å². The minimum absolute atomic E-state index is 0.0534.